The van der Waals surface area contributed by atoms with E-state index < -0.39 is 12.1 Å². The van der Waals surface area contributed by atoms with Crippen LogP contribution < -0.4 is 5.32 Å². The number of carbonyl (C=O) groups is 2. The number of hydrogen-bond donors (Lipinski definition) is 3. The van der Waals surface area contributed by atoms with E-state index in [0.717, 1.165) is 44.9 Å². The van der Waals surface area contributed by atoms with Gasteiger partial charge in [-0.2, -0.15) is 0 Å². The molecule has 2 atom stereocenters. The van der Waals surface area contributed by atoms with Crippen LogP contribution in [0, 0.1) is 0 Å². The minimum absolute atomic E-state index is 0.00739. The number of ether oxygens (including phenoxy) is 1. The molecule has 0 saturated carbocycles. The molecule has 0 rings (SSSR count). The van der Waals surface area contributed by atoms with Crippen LogP contribution in [0.15, 0.2) is 24.3 Å². The Labute approximate surface area is 431 Å². The molecule has 0 fully saturated rings. The number of esters is 1. The first-order valence-corrected chi connectivity index (χ1v) is 31.1. The zero-order chi connectivity index (χ0) is 50.0. The SMILES string of the molecule is CCCC/C=C\CCCCCCCC(=O)OCCCCCCCCCCCCCCCCCCCCCCCCCCCCCCC(=O)NC(CO)C(O)/C=C/CCCCCCCCCCCCC. The van der Waals surface area contributed by atoms with Crippen molar-refractivity contribution in [3.63, 3.8) is 0 Å². The van der Waals surface area contributed by atoms with Crippen molar-refractivity contribution < 1.29 is 24.5 Å². The Kier molecular flexibility index (Phi) is 57.5. The zero-order valence-electron chi connectivity index (χ0n) is 46.6. The van der Waals surface area contributed by atoms with Gasteiger partial charge in [-0.3, -0.25) is 9.59 Å². The Morgan fingerprint density at radius 3 is 1.07 bits per heavy atom. The Morgan fingerprint density at radius 1 is 0.391 bits per heavy atom. The number of amides is 1. The highest BCUT2D eigenvalue weighted by Crippen LogP contribution is 2.18. The second-order valence-corrected chi connectivity index (χ2v) is 21.4. The lowest BCUT2D eigenvalue weighted by Crippen LogP contribution is -2.45. The van der Waals surface area contributed by atoms with E-state index >= 15 is 0 Å². The van der Waals surface area contributed by atoms with E-state index in [0.29, 0.717) is 19.4 Å². The molecule has 6 nitrogen and oxygen atoms in total. The van der Waals surface area contributed by atoms with Crippen molar-refractivity contribution in [2.45, 2.75) is 353 Å². The largest absolute Gasteiger partial charge is 0.466 e. The lowest BCUT2D eigenvalue weighted by molar-refractivity contribution is -0.143. The molecule has 0 aliphatic heterocycles. The second-order valence-electron chi connectivity index (χ2n) is 21.4. The maximum absolute atomic E-state index is 12.4. The Balaban J connectivity index is 3.35. The third-order valence-corrected chi connectivity index (χ3v) is 14.5. The second kappa shape index (κ2) is 58.9. The fourth-order valence-corrected chi connectivity index (χ4v) is 9.68. The molecule has 3 N–H and O–H groups in total. The maximum atomic E-state index is 12.4. The summed E-state index contributed by atoms with van der Waals surface area (Å²) in [6, 6.07) is -0.624. The zero-order valence-corrected chi connectivity index (χ0v) is 46.6. The predicted octanol–water partition coefficient (Wildman–Crippen LogP) is 19.4. The normalized spacial score (nSPS) is 12.7. The van der Waals surface area contributed by atoms with Gasteiger partial charge < -0.3 is 20.3 Å². The summed E-state index contributed by atoms with van der Waals surface area (Å²) in [6.45, 7) is 4.88. The summed E-state index contributed by atoms with van der Waals surface area (Å²) in [5.74, 6) is -0.0566. The van der Waals surface area contributed by atoms with Crippen molar-refractivity contribution in [2.75, 3.05) is 13.2 Å². The van der Waals surface area contributed by atoms with Crippen LogP contribution in [0.3, 0.4) is 0 Å². The molecule has 0 aromatic carbocycles. The topological polar surface area (TPSA) is 95.9 Å². The number of nitrogens with one attached hydrogen (secondary N) is 1. The number of hydrogen-bond acceptors (Lipinski definition) is 5. The first kappa shape index (κ1) is 67.3. The summed E-state index contributed by atoms with van der Waals surface area (Å²) >= 11 is 0. The Hall–Kier alpha value is -1.66. The molecule has 0 heterocycles. The smallest absolute Gasteiger partial charge is 0.305 e. The monoisotopic (exact) mass is 972 g/mol. The van der Waals surface area contributed by atoms with Gasteiger partial charge in [-0.05, 0) is 51.4 Å². The number of carbonyl (C=O) groups excluding carboxylic acids is 2. The molecule has 1 amide bonds. The van der Waals surface area contributed by atoms with Gasteiger partial charge in [-0.15, -0.1) is 0 Å². The molecular weight excluding hydrogens is 851 g/mol. The molecule has 0 aliphatic carbocycles. The van der Waals surface area contributed by atoms with Crippen LogP contribution in [-0.4, -0.2) is 47.4 Å². The molecule has 408 valence electrons. The molecule has 0 bridgehead atoms. The van der Waals surface area contributed by atoms with Gasteiger partial charge in [0.1, 0.15) is 0 Å². The lowest BCUT2D eigenvalue weighted by atomic mass is 10.0. The van der Waals surface area contributed by atoms with Crippen LogP contribution >= 0.6 is 0 Å². The van der Waals surface area contributed by atoms with Crippen LogP contribution in [0.2, 0.25) is 0 Å². The third-order valence-electron chi connectivity index (χ3n) is 14.5. The van der Waals surface area contributed by atoms with Crippen LogP contribution in [0.4, 0.5) is 0 Å². The molecule has 0 saturated heterocycles. The summed E-state index contributed by atoms with van der Waals surface area (Å²) in [5.41, 5.74) is 0. The van der Waals surface area contributed by atoms with Gasteiger partial charge in [0.2, 0.25) is 5.91 Å². The van der Waals surface area contributed by atoms with Gasteiger partial charge in [0.05, 0.1) is 25.4 Å². The molecule has 6 heteroatoms. The van der Waals surface area contributed by atoms with E-state index in [-0.39, 0.29) is 18.5 Å². The van der Waals surface area contributed by atoms with E-state index in [1.54, 1.807) is 6.08 Å². The van der Waals surface area contributed by atoms with Crippen molar-refractivity contribution >= 4 is 11.9 Å². The number of aliphatic hydroxyl groups is 2. The average molecular weight is 973 g/mol. The van der Waals surface area contributed by atoms with E-state index in [1.807, 2.05) is 6.08 Å². The highest BCUT2D eigenvalue weighted by atomic mass is 16.5. The van der Waals surface area contributed by atoms with Gasteiger partial charge in [-0.1, -0.05) is 301 Å². The minimum atomic E-state index is -0.841. The summed E-state index contributed by atoms with van der Waals surface area (Å²) < 4.78 is 5.46. The standard InChI is InChI=1S/C63H121NO5/c1-3-5-7-9-11-13-15-32-36-39-43-47-51-55-61(66)60(59-65)64-62(67)56-52-48-44-40-37-33-30-28-26-24-22-20-18-16-17-19-21-23-25-27-29-31-34-38-42-46-50-54-58-69-63(68)57-53-49-45-41-35-14-12-10-8-6-4-2/h10,12,51,55,60-61,65-66H,3-9,11,13-50,52-54,56-59H2,1-2H3,(H,64,67)/b12-10-,55-51+. The van der Waals surface area contributed by atoms with Crippen molar-refractivity contribution in [3.8, 4) is 0 Å². The van der Waals surface area contributed by atoms with Gasteiger partial charge in [0.25, 0.3) is 0 Å². The number of allylic oxidation sites excluding steroid dienone is 3. The fraction of sp³-hybridized carbons (Fsp3) is 0.905. The Morgan fingerprint density at radius 2 is 0.696 bits per heavy atom. The molecule has 0 spiro atoms. The average Bonchev–Trinajstić information content (AvgIpc) is 3.35. The molecule has 0 radical (unpaired) electrons. The number of rotatable bonds is 58. The van der Waals surface area contributed by atoms with Crippen LogP contribution in [-0.2, 0) is 14.3 Å². The van der Waals surface area contributed by atoms with Gasteiger partial charge in [0, 0.05) is 12.8 Å². The molecule has 0 aromatic heterocycles. The van der Waals surface area contributed by atoms with Crippen molar-refractivity contribution in [2.24, 2.45) is 0 Å². The molecule has 0 aromatic rings. The molecule has 2 unspecified atom stereocenters. The molecule has 0 aliphatic rings. The predicted molar refractivity (Wildman–Crippen MR) is 301 cm³/mol. The molecular formula is C63H121NO5. The van der Waals surface area contributed by atoms with E-state index in [9.17, 15) is 19.8 Å². The van der Waals surface area contributed by atoms with Gasteiger partial charge >= 0.3 is 5.97 Å². The fourth-order valence-electron chi connectivity index (χ4n) is 9.68. The van der Waals surface area contributed by atoms with E-state index in [4.69, 9.17) is 4.74 Å². The summed E-state index contributed by atoms with van der Waals surface area (Å²) in [4.78, 5) is 24.4. The molecule has 69 heavy (non-hydrogen) atoms. The van der Waals surface area contributed by atoms with Crippen molar-refractivity contribution in [3.05, 3.63) is 24.3 Å². The van der Waals surface area contributed by atoms with Crippen molar-refractivity contribution in [1.82, 2.24) is 5.32 Å². The van der Waals surface area contributed by atoms with E-state index in [1.165, 1.54) is 270 Å². The van der Waals surface area contributed by atoms with E-state index in [2.05, 4.69) is 31.3 Å². The highest BCUT2D eigenvalue weighted by molar-refractivity contribution is 5.76. The Bertz CT molecular complexity index is 1080. The minimum Gasteiger partial charge on any atom is -0.466 e. The van der Waals surface area contributed by atoms with Crippen LogP contribution in [0.5, 0.6) is 0 Å². The number of aliphatic hydroxyl groups excluding tert-OH is 2. The quantitative estimate of drug-likeness (QED) is 0.0321. The lowest BCUT2D eigenvalue weighted by Gasteiger charge is -2.20. The maximum Gasteiger partial charge on any atom is 0.305 e. The number of unbranched alkanes of at least 4 members (excludes halogenated alkanes) is 45. The summed E-state index contributed by atoms with van der Waals surface area (Å²) in [5, 5.41) is 23.1. The summed E-state index contributed by atoms with van der Waals surface area (Å²) in [6.07, 6.45) is 72.3. The third kappa shape index (κ3) is 55.5. The van der Waals surface area contributed by atoms with Crippen molar-refractivity contribution in [1.29, 1.82) is 0 Å². The summed E-state index contributed by atoms with van der Waals surface area (Å²) in [7, 11) is 0. The van der Waals surface area contributed by atoms with Crippen LogP contribution in [0.25, 0.3) is 0 Å². The van der Waals surface area contributed by atoms with Gasteiger partial charge in [-0.25, -0.2) is 0 Å². The van der Waals surface area contributed by atoms with Crippen LogP contribution in [0.1, 0.15) is 341 Å². The highest BCUT2D eigenvalue weighted by Gasteiger charge is 2.18. The van der Waals surface area contributed by atoms with Gasteiger partial charge in [0.15, 0.2) is 0 Å². The first-order chi connectivity index (χ1) is 34.0. The first-order valence-electron chi connectivity index (χ1n) is 31.1.